The van der Waals surface area contributed by atoms with Crippen LogP contribution in [0.25, 0.3) is 0 Å². The van der Waals surface area contributed by atoms with Crippen LogP contribution in [0.15, 0.2) is 70.4 Å². The number of aromatic nitrogens is 2. The number of fused-ring (bicyclic) bond motifs is 1. The fourth-order valence-corrected chi connectivity index (χ4v) is 3.73. The number of hydrogen-bond acceptors (Lipinski definition) is 4. The van der Waals surface area contributed by atoms with Crippen LogP contribution >= 0.6 is 15.9 Å². The molecule has 8 heteroatoms. The molecule has 0 amide bonds. The van der Waals surface area contributed by atoms with Crippen LogP contribution < -0.4 is 5.73 Å². The molecule has 0 fully saturated rings. The molecule has 27 heavy (non-hydrogen) atoms. The Morgan fingerprint density at radius 3 is 2.44 bits per heavy atom. The molecule has 1 unspecified atom stereocenters. The van der Waals surface area contributed by atoms with E-state index in [-0.39, 0.29) is 5.84 Å². The predicted octanol–water partition coefficient (Wildman–Crippen LogP) is 4.27. The SMILES string of the molecule is NC1=NC(c2cccc(Br)c2)(c2ccnc(C(F)(F)F)c2)c2cccnc21. The fraction of sp³-hybridized carbons (Fsp3) is 0.105. The van der Waals surface area contributed by atoms with Crippen LogP contribution in [0.2, 0.25) is 0 Å². The molecule has 4 rings (SSSR count). The maximum atomic E-state index is 13.3. The third kappa shape index (κ3) is 2.80. The minimum Gasteiger partial charge on any atom is -0.382 e. The summed E-state index contributed by atoms with van der Waals surface area (Å²) in [6, 6.07) is 13.3. The van der Waals surface area contributed by atoms with Gasteiger partial charge in [-0.15, -0.1) is 0 Å². The number of alkyl halides is 3. The zero-order valence-electron chi connectivity index (χ0n) is 13.7. The van der Waals surface area contributed by atoms with Gasteiger partial charge < -0.3 is 5.73 Å². The first kappa shape index (κ1) is 17.7. The van der Waals surface area contributed by atoms with Crippen molar-refractivity contribution in [3.05, 3.63) is 93.5 Å². The molecule has 4 nitrogen and oxygen atoms in total. The largest absolute Gasteiger partial charge is 0.433 e. The van der Waals surface area contributed by atoms with Crippen LogP contribution in [0.5, 0.6) is 0 Å². The van der Waals surface area contributed by atoms with Crippen molar-refractivity contribution in [2.75, 3.05) is 0 Å². The van der Waals surface area contributed by atoms with Crippen LogP contribution in [0.1, 0.15) is 28.1 Å². The number of halogens is 4. The van der Waals surface area contributed by atoms with Crippen LogP contribution in [0, 0.1) is 0 Å². The Balaban J connectivity index is 2.06. The van der Waals surface area contributed by atoms with Gasteiger partial charge in [-0.1, -0.05) is 34.1 Å². The molecule has 2 N–H and O–H groups in total. The van der Waals surface area contributed by atoms with Gasteiger partial charge in [0.2, 0.25) is 0 Å². The monoisotopic (exact) mass is 432 g/mol. The molecule has 2 aromatic heterocycles. The molecule has 1 aliphatic rings. The van der Waals surface area contributed by atoms with Gasteiger partial charge in [-0.3, -0.25) is 9.97 Å². The molecule has 0 saturated carbocycles. The molecule has 1 aromatic carbocycles. The van der Waals surface area contributed by atoms with Gasteiger partial charge in [-0.25, -0.2) is 4.99 Å². The minimum atomic E-state index is -4.57. The molecule has 0 aliphatic carbocycles. The van der Waals surface area contributed by atoms with Gasteiger partial charge in [0, 0.05) is 22.4 Å². The lowest BCUT2D eigenvalue weighted by molar-refractivity contribution is -0.141. The number of aliphatic imine (C=N–C) groups is 1. The molecule has 0 radical (unpaired) electrons. The van der Waals surface area contributed by atoms with Crippen LogP contribution in [-0.4, -0.2) is 15.8 Å². The van der Waals surface area contributed by atoms with Crippen molar-refractivity contribution in [3.63, 3.8) is 0 Å². The molecule has 1 atom stereocenters. The summed E-state index contributed by atoms with van der Waals surface area (Å²) in [5, 5.41) is 0. The zero-order chi connectivity index (χ0) is 19.2. The summed E-state index contributed by atoms with van der Waals surface area (Å²) in [7, 11) is 0. The molecule has 3 heterocycles. The lowest BCUT2D eigenvalue weighted by Crippen LogP contribution is -2.26. The number of nitrogens with two attached hydrogens (primary N) is 1. The summed E-state index contributed by atoms with van der Waals surface area (Å²) in [4.78, 5) is 12.4. The molecular formula is C19H12BrF3N4. The lowest BCUT2D eigenvalue weighted by atomic mass is 9.78. The van der Waals surface area contributed by atoms with Crippen molar-refractivity contribution in [2.24, 2.45) is 10.7 Å². The molecule has 1 aliphatic heterocycles. The number of benzene rings is 1. The molecular weight excluding hydrogens is 421 g/mol. The Bertz CT molecular complexity index is 1060. The highest BCUT2D eigenvalue weighted by Gasteiger charge is 2.45. The summed E-state index contributed by atoms with van der Waals surface area (Å²) in [5.41, 5.74) is 5.95. The van der Waals surface area contributed by atoms with Crippen molar-refractivity contribution >= 4 is 21.8 Å². The first-order valence-corrected chi connectivity index (χ1v) is 8.72. The number of pyridine rings is 2. The fourth-order valence-electron chi connectivity index (χ4n) is 3.33. The lowest BCUT2D eigenvalue weighted by Gasteiger charge is -2.29. The van der Waals surface area contributed by atoms with E-state index in [1.807, 2.05) is 12.1 Å². The van der Waals surface area contributed by atoms with E-state index in [0.717, 1.165) is 16.7 Å². The Morgan fingerprint density at radius 1 is 0.926 bits per heavy atom. The van der Waals surface area contributed by atoms with E-state index < -0.39 is 17.4 Å². The summed E-state index contributed by atoms with van der Waals surface area (Å²) >= 11 is 3.42. The average molecular weight is 433 g/mol. The van der Waals surface area contributed by atoms with Gasteiger partial charge in [0.1, 0.15) is 22.8 Å². The Hall–Kier alpha value is -2.74. The standard InChI is InChI=1S/C19H12BrF3N4/c20-13-4-1-3-11(9-13)18(12-6-8-25-15(10-12)19(21,22)23)14-5-2-7-26-16(14)17(24)27-18/h1-10H,(H2,24,27). The summed E-state index contributed by atoms with van der Waals surface area (Å²) in [6.07, 6.45) is -1.86. The Kier molecular flexibility index (Phi) is 4.03. The van der Waals surface area contributed by atoms with Crippen LogP contribution in [-0.2, 0) is 11.7 Å². The molecule has 136 valence electrons. The zero-order valence-corrected chi connectivity index (χ0v) is 15.3. The van der Waals surface area contributed by atoms with Crippen molar-refractivity contribution in [1.29, 1.82) is 0 Å². The topological polar surface area (TPSA) is 64.2 Å². The summed E-state index contributed by atoms with van der Waals surface area (Å²) < 4.78 is 40.6. The second kappa shape index (κ2) is 6.16. The highest BCUT2D eigenvalue weighted by molar-refractivity contribution is 9.10. The third-order valence-corrected chi connectivity index (χ3v) is 4.93. The van der Waals surface area contributed by atoms with Crippen LogP contribution in [0.4, 0.5) is 13.2 Å². The van der Waals surface area contributed by atoms with E-state index in [0.29, 0.717) is 22.4 Å². The highest BCUT2D eigenvalue weighted by Crippen LogP contribution is 2.46. The van der Waals surface area contributed by atoms with E-state index in [9.17, 15) is 13.2 Å². The Labute approximate surface area is 161 Å². The van der Waals surface area contributed by atoms with Gasteiger partial charge in [-0.2, -0.15) is 13.2 Å². The number of rotatable bonds is 2. The smallest absolute Gasteiger partial charge is 0.382 e. The van der Waals surface area contributed by atoms with E-state index in [1.165, 1.54) is 6.07 Å². The second-order valence-corrected chi connectivity index (χ2v) is 6.96. The second-order valence-electron chi connectivity index (χ2n) is 6.04. The Morgan fingerprint density at radius 2 is 1.70 bits per heavy atom. The quantitative estimate of drug-likeness (QED) is 0.657. The molecule has 0 bridgehead atoms. The van der Waals surface area contributed by atoms with E-state index in [1.54, 1.807) is 30.5 Å². The average Bonchev–Trinajstić information content (AvgIpc) is 2.95. The summed E-state index contributed by atoms with van der Waals surface area (Å²) in [5.74, 6) is 0.177. The number of amidine groups is 1. The van der Waals surface area contributed by atoms with Gasteiger partial charge in [-0.05, 0) is 41.5 Å². The first-order valence-electron chi connectivity index (χ1n) is 7.93. The van der Waals surface area contributed by atoms with Crippen molar-refractivity contribution in [1.82, 2.24) is 9.97 Å². The van der Waals surface area contributed by atoms with Crippen molar-refractivity contribution in [2.45, 2.75) is 11.7 Å². The van der Waals surface area contributed by atoms with Crippen molar-refractivity contribution in [3.8, 4) is 0 Å². The molecule has 0 saturated heterocycles. The van der Waals surface area contributed by atoms with E-state index >= 15 is 0 Å². The minimum absolute atomic E-state index is 0.177. The van der Waals surface area contributed by atoms with E-state index in [2.05, 4.69) is 30.9 Å². The maximum Gasteiger partial charge on any atom is 0.433 e. The predicted molar refractivity (Wildman–Crippen MR) is 98.2 cm³/mol. The highest BCUT2D eigenvalue weighted by atomic mass is 79.9. The summed E-state index contributed by atoms with van der Waals surface area (Å²) in [6.45, 7) is 0. The van der Waals surface area contributed by atoms with Gasteiger partial charge in [0.25, 0.3) is 0 Å². The third-order valence-electron chi connectivity index (χ3n) is 4.44. The van der Waals surface area contributed by atoms with Gasteiger partial charge in [0.15, 0.2) is 0 Å². The number of nitrogens with zero attached hydrogens (tertiary/aromatic N) is 3. The van der Waals surface area contributed by atoms with Crippen LogP contribution in [0.3, 0.4) is 0 Å². The van der Waals surface area contributed by atoms with Gasteiger partial charge >= 0.3 is 6.18 Å². The first-order chi connectivity index (χ1) is 12.8. The van der Waals surface area contributed by atoms with Gasteiger partial charge in [0.05, 0.1) is 0 Å². The van der Waals surface area contributed by atoms with Crippen molar-refractivity contribution < 1.29 is 13.2 Å². The maximum absolute atomic E-state index is 13.3. The number of hydrogen-bond donors (Lipinski definition) is 1. The van der Waals surface area contributed by atoms with E-state index in [4.69, 9.17) is 5.73 Å². The normalized spacial score (nSPS) is 18.9. The molecule has 0 spiro atoms. The molecule has 3 aromatic rings.